The number of hydrogen-bond donors (Lipinski definition) is 2. The molecule has 37 heavy (non-hydrogen) atoms. The number of rotatable bonds is 4. The third-order valence-electron chi connectivity index (χ3n) is 5.77. The first-order valence-corrected chi connectivity index (χ1v) is 12.6. The number of amides is 2. The summed E-state index contributed by atoms with van der Waals surface area (Å²) in [5, 5.41) is 7.59. The Morgan fingerprint density at radius 2 is 1.70 bits per heavy atom. The van der Waals surface area contributed by atoms with E-state index in [0.717, 1.165) is 26.3 Å². The number of halogens is 1. The van der Waals surface area contributed by atoms with Gasteiger partial charge in [0.1, 0.15) is 11.2 Å². The van der Waals surface area contributed by atoms with E-state index in [1.807, 2.05) is 87.6 Å². The third kappa shape index (κ3) is 5.36. The van der Waals surface area contributed by atoms with E-state index in [2.05, 4.69) is 36.1 Å². The number of nitrogens with zero attached hydrogens (tertiary/aromatic N) is 3. The molecule has 0 atom stereocenters. The Morgan fingerprint density at radius 3 is 2.46 bits per heavy atom. The van der Waals surface area contributed by atoms with E-state index < -0.39 is 11.7 Å². The lowest BCUT2D eigenvalue weighted by Crippen LogP contribution is -2.26. The van der Waals surface area contributed by atoms with Crippen LogP contribution in [-0.4, -0.2) is 31.8 Å². The molecule has 3 aromatic heterocycles. The van der Waals surface area contributed by atoms with Crippen molar-refractivity contribution in [3.8, 4) is 0 Å². The molecule has 2 N–H and O–H groups in total. The van der Waals surface area contributed by atoms with E-state index in [1.54, 1.807) is 12.4 Å². The van der Waals surface area contributed by atoms with E-state index in [9.17, 15) is 9.59 Å². The van der Waals surface area contributed by atoms with Crippen LogP contribution in [0.2, 0.25) is 0 Å². The molecule has 0 spiro atoms. The van der Waals surface area contributed by atoms with Gasteiger partial charge in [0.25, 0.3) is 0 Å². The topological polar surface area (TPSA) is 90.2 Å². The molecule has 0 fully saturated rings. The zero-order valence-electron chi connectivity index (χ0n) is 20.7. The Balaban J connectivity index is 1.39. The number of fused-ring (bicyclic) bond motifs is 2. The van der Waals surface area contributed by atoms with E-state index in [-0.39, 0.29) is 6.03 Å². The number of pyridine rings is 1. The molecule has 188 valence electrons. The highest BCUT2D eigenvalue weighted by Crippen LogP contribution is 2.27. The molecule has 0 saturated carbocycles. The predicted octanol–water partition coefficient (Wildman–Crippen LogP) is 7.23. The summed E-state index contributed by atoms with van der Waals surface area (Å²) >= 11 is 3.39. The molecule has 0 unspecified atom stereocenters. The Bertz CT molecular complexity index is 1610. The van der Waals surface area contributed by atoms with Gasteiger partial charge in [-0.05, 0) is 80.9 Å². The highest BCUT2D eigenvalue weighted by molar-refractivity contribution is 9.10. The van der Waals surface area contributed by atoms with Crippen LogP contribution in [-0.2, 0) is 11.3 Å². The van der Waals surface area contributed by atoms with E-state index >= 15 is 0 Å². The molecule has 0 aliphatic rings. The summed E-state index contributed by atoms with van der Waals surface area (Å²) in [6, 6.07) is 18.7. The summed E-state index contributed by atoms with van der Waals surface area (Å²) < 4.78 is 10.00. The smallest absolute Gasteiger partial charge is 0.420 e. The van der Waals surface area contributed by atoms with Crippen LogP contribution in [0.3, 0.4) is 0 Å². The molecular weight excluding hydrogens is 534 g/mol. The zero-order valence-corrected chi connectivity index (χ0v) is 22.2. The number of aromatic nitrogens is 3. The number of anilines is 2. The highest BCUT2D eigenvalue weighted by Gasteiger charge is 2.20. The molecule has 3 heterocycles. The van der Waals surface area contributed by atoms with E-state index in [0.29, 0.717) is 23.6 Å². The number of carbonyl (C=O) groups is 2. The molecule has 0 aliphatic heterocycles. The molecule has 5 aromatic rings. The first-order chi connectivity index (χ1) is 17.7. The van der Waals surface area contributed by atoms with Gasteiger partial charge in [-0.2, -0.15) is 0 Å². The Kier molecular flexibility index (Phi) is 6.47. The van der Waals surface area contributed by atoms with Crippen molar-refractivity contribution in [1.29, 1.82) is 0 Å². The standard InChI is InChI=1S/C28H26BrN5O3/c1-28(2,3)37-27(36)34-16-13-21-18(11-14-30-25(21)34)17-33-15-12-22-23(5-4-6-24(22)33)32-26(35)31-20-9-7-19(29)8-10-20/h4-16H,17H2,1-3H3,(H2,31,32,35). The summed E-state index contributed by atoms with van der Waals surface area (Å²) in [6.45, 7) is 6.07. The van der Waals surface area contributed by atoms with Gasteiger partial charge >= 0.3 is 12.1 Å². The second-order valence-corrected chi connectivity index (χ2v) is 10.6. The summed E-state index contributed by atoms with van der Waals surface area (Å²) in [6.07, 6.45) is 4.91. The second kappa shape index (κ2) is 9.74. The van der Waals surface area contributed by atoms with Crippen molar-refractivity contribution in [2.75, 3.05) is 10.6 Å². The molecule has 0 aliphatic carbocycles. The number of benzene rings is 2. The van der Waals surface area contributed by atoms with Crippen LogP contribution >= 0.6 is 15.9 Å². The minimum atomic E-state index is -0.601. The lowest BCUT2D eigenvalue weighted by molar-refractivity contribution is 0.0543. The van der Waals surface area contributed by atoms with Gasteiger partial charge in [-0.3, -0.25) is 0 Å². The monoisotopic (exact) mass is 559 g/mol. The van der Waals surface area contributed by atoms with Crippen molar-refractivity contribution in [2.24, 2.45) is 0 Å². The number of carbonyl (C=O) groups excluding carboxylic acids is 2. The molecule has 8 nitrogen and oxygen atoms in total. The Morgan fingerprint density at radius 1 is 0.946 bits per heavy atom. The maximum atomic E-state index is 12.6. The number of nitrogens with one attached hydrogen (secondary N) is 2. The van der Waals surface area contributed by atoms with Crippen LogP contribution in [0, 0.1) is 0 Å². The Hall–Kier alpha value is -4.11. The summed E-state index contributed by atoms with van der Waals surface area (Å²) in [4.78, 5) is 29.7. The average Bonchev–Trinajstić information content (AvgIpc) is 3.45. The number of ether oxygens (including phenoxy) is 1. The molecule has 9 heteroatoms. The van der Waals surface area contributed by atoms with Crippen molar-refractivity contribution in [3.63, 3.8) is 0 Å². The largest absolute Gasteiger partial charge is 0.443 e. The van der Waals surface area contributed by atoms with Crippen molar-refractivity contribution in [2.45, 2.75) is 32.9 Å². The van der Waals surface area contributed by atoms with E-state index in [1.165, 1.54) is 4.57 Å². The summed E-state index contributed by atoms with van der Waals surface area (Å²) in [7, 11) is 0. The Labute approximate surface area is 222 Å². The minimum Gasteiger partial charge on any atom is -0.443 e. The fourth-order valence-corrected chi connectivity index (χ4v) is 4.43. The SMILES string of the molecule is CC(C)(C)OC(=O)n1ccc2c(Cn3ccc4c(NC(=O)Nc5ccc(Br)cc5)cccc43)ccnc21. The maximum Gasteiger partial charge on any atom is 0.420 e. The molecule has 2 aromatic carbocycles. The van der Waals surface area contributed by atoms with Gasteiger partial charge in [0, 0.05) is 46.1 Å². The van der Waals surface area contributed by atoms with Crippen LogP contribution in [0.1, 0.15) is 26.3 Å². The fraction of sp³-hybridized carbons (Fsp3) is 0.179. The van der Waals surface area contributed by atoms with Crippen molar-refractivity contribution in [3.05, 3.63) is 89.3 Å². The minimum absolute atomic E-state index is 0.318. The van der Waals surface area contributed by atoms with Crippen molar-refractivity contribution in [1.82, 2.24) is 14.1 Å². The number of urea groups is 1. The second-order valence-electron chi connectivity index (χ2n) is 9.64. The van der Waals surface area contributed by atoms with Crippen molar-refractivity contribution >= 4 is 61.4 Å². The van der Waals surface area contributed by atoms with Gasteiger partial charge in [-0.1, -0.05) is 22.0 Å². The van der Waals surface area contributed by atoms with Crippen LogP contribution in [0.4, 0.5) is 21.0 Å². The van der Waals surface area contributed by atoms with Crippen LogP contribution in [0.5, 0.6) is 0 Å². The van der Waals surface area contributed by atoms with Crippen LogP contribution in [0.15, 0.2) is 83.7 Å². The highest BCUT2D eigenvalue weighted by atomic mass is 79.9. The molecule has 5 rings (SSSR count). The maximum absolute atomic E-state index is 12.6. The third-order valence-corrected chi connectivity index (χ3v) is 6.30. The quantitative estimate of drug-likeness (QED) is 0.243. The van der Waals surface area contributed by atoms with Gasteiger partial charge in [0.15, 0.2) is 0 Å². The van der Waals surface area contributed by atoms with Gasteiger partial charge in [0.2, 0.25) is 0 Å². The normalized spacial score (nSPS) is 11.6. The van der Waals surface area contributed by atoms with Gasteiger partial charge < -0.3 is 19.9 Å². The molecule has 0 bridgehead atoms. The first-order valence-electron chi connectivity index (χ1n) is 11.8. The van der Waals surface area contributed by atoms with E-state index in [4.69, 9.17) is 4.74 Å². The molecule has 0 radical (unpaired) electrons. The lowest BCUT2D eigenvalue weighted by Gasteiger charge is -2.19. The van der Waals surface area contributed by atoms with Crippen LogP contribution in [0.25, 0.3) is 21.9 Å². The number of hydrogen-bond acceptors (Lipinski definition) is 4. The van der Waals surface area contributed by atoms with Gasteiger partial charge in [0.05, 0.1) is 11.2 Å². The summed E-state index contributed by atoms with van der Waals surface area (Å²) in [5.74, 6) is 0. The van der Waals surface area contributed by atoms with Crippen molar-refractivity contribution < 1.29 is 14.3 Å². The fourth-order valence-electron chi connectivity index (χ4n) is 4.16. The van der Waals surface area contributed by atoms with Gasteiger partial charge in [-0.25, -0.2) is 19.1 Å². The zero-order chi connectivity index (χ0) is 26.2. The van der Waals surface area contributed by atoms with Crippen LogP contribution < -0.4 is 10.6 Å². The molecular formula is C28H26BrN5O3. The lowest BCUT2D eigenvalue weighted by atomic mass is 10.2. The molecule has 2 amide bonds. The predicted molar refractivity (Wildman–Crippen MR) is 149 cm³/mol. The van der Waals surface area contributed by atoms with Gasteiger partial charge in [-0.15, -0.1) is 0 Å². The molecule has 0 saturated heterocycles. The first kappa shape index (κ1) is 24.6. The average molecular weight is 560 g/mol. The summed E-state index contributed by atoms with van der Waals surface area (Å²) in [5.41, 5.74) is 3.34.